The largest absolute Gasteiger partial charge is 0.396 e. The van der Waals surface area contributed by atoms with Crippen LogP contribution in [-0.4, -0.2) is 26.5 Å². The van der Waals surface area contributed by atoms with Crippen molar-refractivity contribution in [2.75, 3.05) is 6.61 Å². The van der Waals surface area contributed by atoms with E-state index in [0.717, 1.165) is 42.3 Å². The summed E-state index contributed by atoms with van der Waals surface area (Å²) in [5.74, 6) is 0.468. The summed E-state index contributed by atoms with van der Waals surface area (Å²) in [7, 11) is 0. The maximum atomic E-state index is 9.27. The molecule has 0 unspecified atom stereocenters. The highest BCUT2D eigenvalue weighted by molar-refractivity contribution is 6.45. The molecule has 1 aliphatic rings. The predicted octanol–water partition coefficient (Wildman–Crippen LogP) is 4.28. The molecule has 0 saturated heterocycles. The van der Waals surface area contributed by atoms with Crippen LogP contribution in [0.15, 0.2) is 24.5 Å². The molecule has 120 valence electrons. The van der Waals surface area contributed by atoms with Gasteiger partial charge in [-0.05, 0) is 31.2 Å². The molecule has 6 heteroatoms. The Morgan fingerprint density at radius 3 is 2.96 bits per heavy atom. The van der Waals surface area contributed by atoms with Gasteiger partial charge in [-0.1, -0.05) is 29.3 Å². The maximum absolute atomic E-state index is 9.27. The summed E-state index contributed by atoms with van der Waals surface area (Å²) in [6.45, 7) is 1.09. The van der Waals surface area contributed by atoms with E-state index < -0.39 is 0 Å². The van der Waals surface area contributed by atoms with Crippen molar-refractivity contribution in [3.8, 4) is 11.1 Å². The number of fused-ring (bicyclic) bond motifs is 3. The Hall–Kier alpha value is -1.49. The van der Waals surface area contributed by atoms with Crippen LogP contribution in [-0.2, 0) is 13.0 Å². The fourth-order valence-corrected chi connectivity index (χ4v) is 4.13. The number of rotatable bonds is 3. The number of aromatic amines is 1. The van der Waals surface area contributed by atoms with E-state index in [1.54, 1.807) is 0 Å². The third-order valence-corrected chi connectivity index (χ3v) is 5.57. The van der Waals surface area contributed by atoms with E-state index in [1.807, 2.05) is 24.5 Å². The number of nitrogens with one attached hydrogen (secondary N) is 1. The molecule has 4 rings (SSSR count). The molecule has 1 atom stereocenters. The van der Waals surface area contributed by atoms with Gasteiger partial charge < -0.3 is 9.67 Å². The fraction of sp³-hybridized carbons (Fsp3) is 0.353. The van der Waals surface area contributed by atoms with Gasteiger partial charge >= 0.3 is 0 Å². The van der Waals surface area contributed by atoms with E-state index in [1.165, 1.54) is 11.3 Å². The average Bonchev–Trinajstić information content (AvgIpc) is 3.16. The van der Waals surface area contributed by atoms with E-state index in [0.29, 0.717) is 16.0 Å². The zero-order chi connectivity index (χ0) is 16.0. The molecule has 0 spiro atoms. The number of hydrogen-bond acceptors (Lipinski definition) is 2. The maximum Gasteiger partial charge on any atom is 0.0835 e. The molecule has 3 aromatic rings. The van der Waals surface area contributed by atoms with E-state index in [9.17, 15) is 5.11 Å². The summed E-state index contributed by atoms with van der Waals surface area (Å²) >= 11 is 12.8. The fourth-order valence-electron chi connectivity index (χ4n) is 3.71. The van der Waals surface area contributed by atoms with E-state index >= 15 is 0 Å². The first-order valence-electron chi connectivity index (χ1n) is 7.79. The normalized spacial score (nSPS) is 17.6. The van der Waals surface area contributed by atoms with Crippen LogP contribution >= 0.6 is 23.2 Å². The second-order valence-corrected chi connectivity index (χ2v) is 6.88. The summed E-state index contributed by atoms with van der Waals surface area (Å²) < 4.78 is 2.29. The number of hydrogen-bond donors (Lipinski definition) is 2. The van der Waals surface area contributed by atoms with Gasteiger partial charge in [0.05, 0.1) is 21.8 Å². The molecule has 0 fully saturated rings. The van der Waals surface area contributed by atoms with Gasteiger partial charge in [-0.25, -0.2) is 0 Å². The van der Waals surface area contributed by atoms with Crippen LogP contribution in [0.3, 0.4) is 0 Å². The van der Waals surface area contributed by atoms with E-state index in [-0.39, 0.29) is 6.61 Å². The number of aliphatic hydroxyl groups excluding tert-OH is 1. The van der Waals surface area contributed by atoms with Crippen LogP contribution in [0.2, 0.25) is 10.0 Å². The lowest BCUT2D eigenvalue weighted by atomic mass is 9.93. The quantitative estimate of drug-likeness (QED) is 0.741. The highest BCUT2D eigenvalue weighted by Crippen LogP contribution is 2.43. The van der Waals surface area contributed by atoms with Gasteiger partial charge in [0.15, 0.2) is 0 Å². The number of H-pyrrole nitrogens is 1. The first-order valence-corrected chi connectivity index (χ1v) is 8.55. The van der Waals surface area contributed by atoms with Gasteiger partial charge in [-0.3, -0.25) is 5.10 Å². The molecule has 0 saturated carbocycles. The Labute approximate surface area is 144 Å². The van der Waals surface area contributed by atoms with Gasteiger partial charge in [0, 0.05) is 41.6 Å². The molecule has 23 heavy (non-hydrogen) atoms. The second kappa shape index (κ2) is 5.86. The molecule has 0 bridgehead atoms. The molecule has 0 radical (unpaired) electrons. The monoisotopic (exact) mass is 349 g/mol. The van der Waals surface area contributed by atoms with Crippen molar-refractivity contribution in [3.05, 3.63) is 40.3 Å². The summed E-state index contributed by atoms with van der Waals surface area (Å²) in [5, 5.41) is 18.5. The van der Waals surface area contributed by atoms with Crippen molar-refractivity contribution >= 4 is 34.1 Å². The van der Waals surface area contributed by atoms with Gasteiger partial charge in [0.25, 0.3) is 0 Å². The van der Waals surface area contributed by atoms with Crippen molar-refractivity contribution in [1.29, 1.82) is 0 Å². The number of halogens is 2. The smallest absolute Gasteiger partial charge is 0.0835 e. The lowest BCUT2D eigenvalue weighted by Gasteiger charge is -2.25. The van der Waals surface area contributed by atoms with Crippen LogP contribution in [0.5, 0.6) is 0 Å². The van der Waals surface area contributed by atoms with Crippen LogP contribution in [0.1, 0.15) is 18.5 Å². The Morgan fingerprint density at radius 1 is 1.35 bits per heavy atom. The first kappa shape index (κ1) is 15.1. The van der Waals surface area contributed by atoms with Crippen LogP contribution in [0, 0.1) is 5.92 Å². The zero-order valence-corrected chi connectivity index (χ0v) is 14.0. The zero-order valence-electron chi connectivity index (χ0n) is 12.5. The lowest BCUT2D eigenvalue weighted by molar-refractivity contribution is 0.233. The Balaban J connectivity index is 1.99. The number of aliphatic hydroxyl groups is 1. The molecule has 4 nitrogen and oxygen atoms in total. The highest BCUT2D eigenvalue weighted by atomic mass is 35.5. The van der Waals surface area contributed by atoms with E-state index in [4.69, 9.17) is 23.2 Å². The van der Waals surface area contributed by atoms with Gasteiger partial charge in [0.1, 0.15) is 0 Å². The summed E-state index contributed by atoms with van der Waals surface area (Å²) in [6.07, 6.45) is 6.62. The minimum atomic E-state index is 0.224. The highest BCUT2D eigenvalue weighted by Gasteiger charge is 2.27. The Morgan fingerprint density at radius 2 is 2.22 bits per heavy atom. The Bertz CT molecular complexity index is 855. The molecule has 0 amide bonds. The average molecular weight is 350 g/mol. The predicted molar refractivity (Wildman–Crippen MR) is 93.1 cm³/mol. The lowest BCUT2D eigenvalue weighted by Crippen LogP contribution is -2.21. The standard InChI is InChI=1S/C17H17Cl2N3O/c18-13-3-2-12-15(11-7-20-21-8-11)14-4-1-10(5-6-23)9-22(14)17(12)16(13)19/h2-3,7-8,10,23H,1,4-6,9H2,(H,20,21)/t10-/m0/s1. The van der Waals surface area contributed by atoms with Gasteiger partial charge in [-0.2, -0.15) is 5.10 Å². The van der Waals surface area contributed by atoms with Crippen molar-refractivity contribution in [2.24, 2.45) is 5.92 Å². The summed E-state index contributed by atoms with van der Waals surface area (Å²) in [6, 6.07) is 3.89. The Kier molecular flexibility index (Phi) is 3.84. The van der Waals surface area contributed by atoms with Crippen molar-refractivity contribution in [2.45, 2.75) is 25.8 Å². The molecule has 2 N–H and O–H groups in total. The molecule has 1 aliphatic heterocycles. The molecule has 3 heterocycles. The first-order chi connectivity index (χ1) is 11.2. The SMILES string of the molecule is OCC[C@@H]1CCc2c(-c3cn[nH]c3)c3ccc(Cl)c(Cl)c3n2C1. The van der Waals surface area contributed by atoms with Crippen LogP contribution in [0.4, 0.5) is 0 Å². The number of benzene rings is 1. The third-order valence-electron chi connectivity index (χ3n) is 4.78. The van der Waals surface area contributed by atoms with Crippen molar-refractivity contribution < 1.29 is 5.11 Å². The molecule has 1 aromatic carbocycles. The van der Waals surface area contributed by atoms with Crippen LogP contribution < -0.4 is 0 Å². The molecule has 2 aromatic heterocycles. The molecular formula is C17H17Cl2N3O. The topological polar surface area (TPSA) is 53.8 Å². The minimum absolute atomic E-state index is 0.224. The molecule has 0 aliphatic carbocycles. The van der Waals surface area contributed by atoms with Gasteiger partial charge in [-0.15, -0.1) is 0 Å². The number of nitrogens with zero attached hydrogens (tertiary/aromatic N) is 2. The van der Waals surface area contributed by atoms with Gasteiger partial charge in [0.2, 0.25) is 0 Å². The number of aromatic nitrogens is 3. The second-order valence-electron chi connectivity index (χ2n) is 6.09. The molecular weight excluding hydrogens is 333 g/mol. The summed E-state index contributed by atoms with van der Waals surface area (Å²) in [5.41, 5.74) is 4.53. The van der Waals surface area contributed by atoms with Crippen molar-refractivity contribution in [3.63, 3.8) is 0 Å². The summed E-state index contributed by atoms with van der Waals surface area (Å²) in [4.78, 5) is 0. The third kappa shape index (κ3) is 2.36. The minimum Gasteiger partial charge on any atom is -0.396 e. The van der Waals surface area contributed by atoms with Crippen LogP contribution in [0.25, 0.3) is 22.0 Å². The van der Waals surface area contributed by atoms with E-state index in [2.05, 4.69) is 14.8 Å². The van der Waals surface area contributed by atoms with Crippen molar-refractivity contribution in [1.82, 2.24) is 14.8 Å².